The molecule has 112 valence electrons. The van der Waals surface area contributed by atoms with Crippen LogP contribution in [0.5, 0.6) is 0 Å². The van der Waals surface area contributed by atoms with Crippen LogP contribution in [-0.4, -0.2) is 23.1 Å². The molecule has 0 spiro atoms. The fraction of sp³-hybridized carbons (Fsp3) is 0.333. The first-order valence-corrected chi connectivity index (χ1v) is 7.33. The molecule has 0 atom stereocenters. The molecule has 0 saturated heterocycles. The van der Waals surface area contributed by atoms with E-state index in [2.05, 4.69) is 22.2 Å². The van der Waals surface area contributed by atoms with Gasteiger partial charge >= 0.3 is 0 Å². The van der Waals surface area contributed by atoms with Crippen molar-refractivity contribution in [2.75, 3.05) is 23.3 Å². The Kier molecular flexibility index (Phi) is 5.33. The van der Waals surface area contributed by atoms with Crippen LogP contribution < -0.4 is 10.2 Å². The van der Waals surface area contributed by atoms with Gasteiger partial charge in [-0.3, -0.25) is 0 Å². The number of halogens is 2. The minimum Gasteiger partial charge on any atom is -0.354 e. The molecule has 1 aromatic heterocycles. The van der Waals surface area contributed by atoms with Crippen LogP contribution in [0.1, 0.15) is 20.3 Å². The molecule has 2 aromatic rings. The van der Waals surface area contributed by atoms with Crippen molar-refractivity contribution in [3.8, 4) is 0 Å². The zero-order valence-electron chi connectivity index (χ0n) is 12.1. The minimum absolute atomic E-state index is 0.270. The number of aromatic nitrogens is 2. The SMILES string of the molecule is CCCNc1ncc(Cl)c(N(CC)c2ccc(F)cc2)n1. The summed E-state index contributed by atoms with van der Waals surface area (Å²) in [5.41, 5.74) is 0.834. The first-order valence-electron chi connectivity index (χ1n) is 6.95. The van der Waals surface area contributed by atoms with E-state index in [0.29, 0.717) is 23.3 Å². The molecule has 0 aliphatic carbocycles. The minimum atomic E-state index is -0.270. The Morgan fingerprint density at radius 3 is 2.57 bits per heavy atom. The van der Waals surface area contributed by atoms with Crippen molar-refractivity contribution < 1.29 is 4.39 Å². The smallest absolute Gasteiger partial charge is 0.224 e. The molecule has 4 nitrogen and oxygen atoms in total. The third-order valence-electron chi connectivity index (χ3n) is 2.97. The maximum absolute atomic E-state index is 13.1. The zero-order valence-corrected chi connectivity index (χ0v) is 12.9. The molecule has 6 heteroatoms. The van der Waals surface area contributed by atoms with Gasteiger partial charge < -0.3 is 10.2 Å². The van der Waals surface area contributed by atoms with Crippen LogP contribution in [0.25, 0.3) is 0 Å². The molecular formula is C15H18ClFN4. The predicted octanol–water partition coefficient (Wildman–Crippen LogP) is 4.25. The molecule has 0 aliphatic rings. The number of nitrogens with zero attached hydrogens (tertiary/aromatic N) is 3. The van der Waals surface area contributed by atoms with Crippen LogP contribution in [0.3, 0.4) is 0 Å². The summed E-state index contributed by atoms with van der Waals surface area (Å²) in [6, 6.07) is 6.25. The highest BCUT2D eigenvalue weighted by molar-refractivity contribution is 6.33. The molecule has 0 radical (unpaired) electrons. The summed E-state index contributed by atoms with van der Waals surface area (Å²) in [7, 11) is 0. The largest absolute Gasteiger partial charge is 0.354 e. The molecule has 21 heavy (non-hydrogen) atoms. The lowest BCUT2D eigenvalue weighted by atomic mass is 10.2. The predicted molar refractivity (Wildman–Crippen MR) is 84.9 cm³/mol. The first kappa shape index (κ1) is 15.5. The third-order valence-corrected chi connectivity index (χ3v) is 3.24. The van der Waals surface area contributed by atoms with Crippen LogP contribution in [0, 0.1) is 5.82 Å². The van der Waals surface area contributed by atoms with E-state index in [0.717, 1.165) is 18.7 Å². The molecule has 2 rings (SSSR count). The van der Waals surface area contributed by atoms with E-state index in [9.17, 15) is 4.39 Å². The van der Waals surface area contributed by atoms with Gasteiger partial charge in [0.25, 0.3) is 0 Å². The maximum atomic E-state index is 13.1. The van der Waals surface area contributed by atoms with E-state index in [4.69, 9.17) is 11.6 Å². The number of hydrogen-bond acceptors (Lipinski definition) is 4. The maximum Gasteiger partial charge on any atom is 0.224 e. The van der Waals surface area contributed by atoms with Gasteiger partial charge in [-0.05, 0) is 37.6 Å². The molecule has 1 N–H and O–H groups in total. The lowest BCUT2D eigenvalue weighted by molar-refractivity contribution is 0.628. The Bertz CT molecular complexity index is 589. The number of hydrogen-bond donors (Lipinski definition) is 1. The quantitative estimate of drug-likeness (QED) is 0.866. The molecule has 1 aromatic carbocycles. The highest BCUT2D eigenvalue weighted by Gasteiger charge is 2.14. The Hall–Kier alpha value is -1.88. The van der Waals surface area contributed by atoms with E-state index in [1.54, 1.807) is 18.3 Å². The summed E-state index contributed by atoms with van der Waals surface area (Å²) >= 11 is 6.22. The number of benzene rings is 1. The van der Waals surface area contributed by atoms with Gasteiger partial charge in [-0.25, -0.2) is 9.37 Å². The van der Waals surface area contributed by atoms with Gasteiger partial charge in [0.15, 0.2) is 5.82 Å². The van der Waals surface area contributed by atoms with Gasteiger partial charge in [-0.2, -0.15) is 4.98 Å². The van der Waals surface area contributed by atoms with Gasteiger partial charge in [0, 0.05) is 18.8 Å². The Labute approximate surface area is 129 Å². The second-order valence-corrected chi connectivity index (χ2v) is 4.92. The molecule has 0 unspecified atom stereocenters. The molecule has 0 fully saturated rings. The van der Waals surface area contributed by atoms with Crippen molar-refractivity contribution in [1.82, 2.24) is 9.97 Å². The summed E-state index contributed by atoms with van der Waals surface area (Å²) in [6.07, 6.45) is 2.56. The number of anilines is 3. The average Bonchev–Trinajstić information content (AvgIpc) is 2.50. The van der Waals surface area contributed by atoms with Crippen LogP contribution in [0.15, 0.2) is 30.5 Å². The van der Waals surface area contributed by atoms with Crippen LogP contribution >= 0.6 is 11.6 Å². The van der Waals surface area contributed by atoms with Crippen molar-refractivity contribution in [2.45, 2.75) is 20.3 Å². The van der Waals surface area contributed by atoms with Crippen molar-refractivity contribution in [2.24, 2.45) is 0 Å². The summed E-state index contributed by atoms with van der Waals surface area (Å²) < 4.78 is 13.1. The highest BCUT2D eigenvalue weighted by atomic mass is 35.5. The topological polar surface area (TPSA) is 41.1 Å². The van der Waals surface area contributed by atoms with Crippen molar-refractivity contribution >= 4 is 29.1 Å². The van der Waals surface area contributed by atoms with Gasteiger partial charge in [-0.1, -0.05) is 18.5 Å². The molecule has 0 amide bonds. The van der Waals surface area contributed by atoms with E-state index in [-0.39, 0.29) is 5.82 Å². The van der Waals surface area contributed by atoms with Crippen molar-refractivity contribution in [3.63, 3.8) is 0 Å². The van der Waals surface area contributed by atoms with E-state index >= 15 is 0 Å². The molecule has 0 aliphatic heterocycles. The molecule has 0 saturated carbocycles. The standard InChI is InChI=1S/C15H18ClFN4/c1-3-9-18-15-19-10-13(16)14(20-15)21(4-2)12-7-5-11(17)6-8-12/h5-8,10H,3-4,9H2,1-2H3,(H,18,19,20). The highest BCUT2D eigenvalue weighted by Crippen LogP contribution is 2.30. The van der Waals surface area contributed by atoms with Gasteiger partial charge in [0.1, 0.15) is 10.8 Å². The summed E-state index contributed by atoms with van der Waals surface area (Å²) in [6.45, 7) is 5.51. The molecule has 0 bridgehead atoms. The van der Waals surface area contributed by atoms with Gasteiger partial charge in [0.2, 0.25) is 5.95 Å². The fourth-order valence-corrected chi connectivity index (χ4v) is 2.14. The lowest BCUT2D eigenvalue weighted by Crippen LogP contribution is -2.19. The average molecular weight is 309 g/mol. The number of rotatable bonds is 6. The summed E-state index contributed by atoms with van der Waals surface area (Å²) in [5, 5.41) is 3.60. The number of nitrogens with one attached hydrogen (secondary N) is 1. The van der Waals surface area contributed by atoms with E-state index < -0.39 is 0 Å². The second-order valence-electron chi connectivity index (χ2n) is 4.51. The summed E-state index contributed by atoms with van der Waals surface area (Å²) in [4.78, 5) is 10.5. The Balaban J connectivity index is 2.34. The monoisotopic (exact) mass is 308 g/mol. The zero-order chi connectivity index (χ0) is 15.2. The van der Waals surface area contributed by atoms with Crippen molar-refractivity contribution in [1.29, 1.82) is 0 Å². The van der Waals surface area contributed by atoms with Gasteiger partial charge in [0.05, 0.1) is 6.20 Å². The van der Waals surface area contributed by atoms with Crippen LogP contribution in [0.4, 0.5) is 21.8 Å². The third kappa shape index (κ3) is 3.82. The Morgan fingerprint density at radius 2 is 1.95 bits per heavy atom. The second kappa shape index (κ2) is 7.22. The summed E-state index contributed by atoms with van der Waals surface area (Å²) in [5.74, 6) is 0.880. The fourth-order valence-electron chi connectivity index (χ4n) is 1.95. The van der Waals surface area contributed by atoms with Crippen molar-refractivity contribution in [3.05, 3.63) is 41.3 Å². The van der Waals surface area contributed by atoms with E-state index in [1.807, 2.05) is 11.8 Å². The van der Waals surface area contributed by atoms with Crippen LogP contribution in [0.2, 0.25) is 5.02 Å². The van der Waals surface area contributed by atoms with Crippen LogP contribution in [-0.2, 0) is 0 Å². The normalized spacial score (nSPS) is 10.5. The molecular weight excluding hydrogens is 291 g/mol. The lowest BCUT2D eigenvalue weighted by Gasteiger charge is -2.23. The first-order chi connectivity index (χ1) is 10.2. The molecule has 1 heterocycles. The Morgan fingerprint density at radius 1 is 1.24 bits per heavy atom. The van der Waals surface area contributed by atoms with E-state index in [1.165, 1.54) is 12.1 Å². The van der Waals surface area contributed by atoms with Gasteiger partial charge in [-0.15, -0.1) is 0 Å².